The standard InChI is InChI=1S/C11H10ClNOS/c12-9-4-2-1-3-8(9)10-7-15-11(13-10)5-6-14/h1-4,7,14H,5-6H2. The van der Waals surface area contributed by atoms with Crippen LogP contribution in [-0.4, -0.2) is 16.7 Å². The van der Waals surface area contributed by atoms with Crippen LogP contribution < -0.4 is 0 Å². The van der Waals surface area contributed by atoms with Gasteiger partial charge in [-0.25, -0.2) is 4.98 Å². The summed E-state index contributed by atoms with van der Waals surface area (Å²) >= 11 is 7.61. The maximum Gasteiger partial charge on any atom is 0.0955 e. The highest BCUT2D eigenvalue weighted by molar-refractivity contribution is 7.09. The molecule has 0 saturated heterocycles. The van der Waals surface area contributed by atoms with Gasteiger partial charge in [-0.15, -0.1) is 11.3 Å². The molecule has 2 rings (SSSR count). The molecule has 15 heavy (non-hydrogen) atoms. The van der Waals surface area contributed by atoms with Crippen molar-refractivity contribution < 1.29 is 5.11 Å². The van der Waals surface area contributed by atoms with Gasteiger partial charge in [0.05, 0.1) is 10.7 Å². The molecule has 0 aliphatic heterocycles. The molecule has 1 aromatic heterocycles. The summed E-state index contributed by atoms with van der Waals surface area (Å²) in [4.78, 5) is 4.41. The van der Waals surface area contributed by atoms with Crippen molar-refractivity contribution >= 4 is 22.9 Å². The lowest BCUT2D eigenvalue weighted by Gasteiger charge is -1.98. The summed E-state index contributed by atoms with van der Waals surface area (Å²) in [6, 6.07) is 7.63. The van der Waals surface area contributed by atoms with Crippen LogP contribution in [0, 0.1) is 0 Å². The first-order valence-electron chi connectivity index (χ1n) is 4.61. The van der Waals surface area contributed by atoms with Crippen LogP contribution in [0.15, 0.2) is 29.6 Å². The van der Waals surface area contributed by atoms with E-state index in [1.807, 2.05) is 29.6 Å². The van der Waals surface area contributed by atoms with E-state index in [0.29, 0.717) is 11.4 Å². The van der Waals surface area contributed by atoms with Crippen molar-refractivity contribution in [3.05, 3.63) is 39.7 Å². The summed E-state index contributed by atoms with van der Waals surface area (Å²) in [6.07, 6.45) is 0.606. The highest BCUT2D eigenvalue weighted by Gasteiger charge is 2.06. The minimum atomic E-state index is 0.134. The quantitative estimate of drug-likeness (QED) is 0.893. The van der Waals surface area contributed by atoms with E-state index in [1.165, 1.54) is 0 Å². The van der Waals surface area contributed by atoms with Gasteiger partial charge in [0.2, 0.25) is 0 Å². The third-order valence-corrected chi connectivity index (χ3v) is 3.27. The fourth-order valence-corrected chi connectivity index (χ4v) is 2.33. The number of hydrogen-bond donors (Lipinski definition) is 1. The molecule has 0 amide bonds. The van der Waals surface area contributed by atoms with Crippen LogP contribution in [0.2, 0.25) is 5.02 Å². The number of nitrogens with zero attached hydrogens (tertiary/aromatic N) is 1. The number of aliphatic hydroxyl groups is 1. The minimum absolute atomic E-state index is 0.134. The zero-order chi connectivity index (χ0) is 10.7. The number of rotatable bonds is 3. The van der Waals surface area contributed by atoms with Crippen molar-refractivity contribution in [3.8, 4) is 11.3 Å². The fourth-order valence-electron chi connectivity index (χ4n) is 1.31. The van der Waals surface area contributed by atoms with E-state index < -0.39 is 0 Å². The number of aromatic nitrogens is 1. The summed E-state index contributed by atoms with van der Waals surface area (Å²) in [6.45, 7) is 0.134. The Morgan fingerprint density at radius 2 is 2.13 bits per heavy atom. The zero-order valence-corrected chi connectivity index (χ0v) is 9.55. The molecule has 0 unspecified atom stereocenters. The van der Waals surface area contributed by atoms with E-state index in [1.54, 1.807) is 11.3 Å². The lowest BCUT2D eigenvalue weighted by atomic mass is 10.2. The number of aliphatic hydroxyl groups excluding tert-OH is 1. The molecule has 0 saturated carbocycles. The highest BCUT2D eigenvalue weighted by atomic mass is 35.5. The Balaban J connectivity index is 2.33. The summed E-state index contributed by atoms with van der Waals surface area (Å²) < 4.78 is 0. The Labute approximate surface area is 97.2 Å². The maximum atomic E-state index is 8.79. The van der Waals surface area contributed by atoms with Crippen LogP contribution >= 0.6 is 22.9 Å². The van der Waals surface area contributed by atoms with E-state index in [0.717, 1.165) is 16.3 Å². The normalized spacial score (nSPS) is 10.5. The number of thiazole rings is 1. The van der Waals surface area contributed by atoms with Gasteiger partial charge in [0.15, 0.2) is 0 Å². The molecule has 4 heteroatoms. The average Bonchev–Trinajstić information content (AvgIpc) is 2.68. The molecule has 0 fully saturated rings. The smallest absolute Gasteiger partial charge is 0.0955 e. The van der Waals surface area contributed by atoms with Crippen LogP contribution in [0.3, 0.4) is 0 Å². The molecular weight excluding hydrogens is 230 g/mol. The molecule has 0 bridgehead atoms. The van der Waals surface area contributed by atoms with E-state index in [-0.39, 0.29) is 6.61 Å². The van der Waals surface area contributed by atoms with Crippen molar-refractivity contribution in [2.75, 3.05) is 6.61 Å². The minimum Gasteiger partial charge on any atom is -0.396 e. The Kier molecular flexibility index (Phi) is 3.36. The largest absolute Gasteiger partial charge is 0.396 e. The fraction of sp³-hybridized carbons (Fsp3) is 0.182. The van der Waals surface area contributed by atoms with Gasteiger partial charge in [-0.3, -0.25) is 0 Å². The number of benzene rings is 1. The summed E-state index contributed by atoms with van der Waals surface area (Å²) in [5.74, 6) is 0. The van der Waals surface area contributed by atoms with Crippen molar-refractivity contribution in [1.29, 1.82) is 0 Å². The van der Waals surface area contributed by atoms with E-state index >= 15 is 0 Å². The van der Waals surface area contributed by atoms with Crippen molar-refractivity contribution in [1.82, 2.24) is 4.98 Å². The second kappa shape index (κ2) is 4.75. The van der Waals surface area contributed by atoms with Crippen LogP contribution in [-0.2, 0) is 6.42 Å². The summed E-state index contributed by atoms with van der Waals surface area (Å²) in [7, 11) is 0. The predicted octanol–water partition coefficient (Wildman–Crippen LogP) is 3.00. The first kappa shape index (κ1) is 10.6. The average molecular weight is 240 g/mol. The van der Waals surface area contributed by atoms with Gasteiger partial charge in [-0.1, -0.05) is 29.8 Å². The summed E-state index contributed by atoms with van der Waals surface area (Å²) in [5.41, 5.74) is 1.83. The maximum absolute atomic E-state index is 8.79. The van der Waals surface area contributed by atoms with Gasteiger partial charge in [0.25, 0.3) is 0 Å². The zero-order valence-electron chi connectivity index (χ0n) is 7.98. The third kappa shape index (κ3) is 2.37. The van der Waals surface area contributed by atoms with Crippen LogP contribution in [0.5, 0.6) is 0 Å². The molecule has 1 N–H and O–H groups in total. The highest BCUT2D eigenvalue weighted by Crippen LogP contribution is 2.28. The van der Waals surface area contributed by atoms with Gasteiger partial charge >= 0.3 is 0 Å². The molecule has 1 aromatic carbocycles. The molecule has 0 radical (unpaired) electrons. The van der Waals surface area contributed by atoms with Crippen molar-refractivity contribution in [2.45, 2.75) is 6.42 Å². The predicted molar refractivity (Wildman–Crippen MR) is 63.3 cm³/mol. The van der Waals surface area contributed by atoms with Crippen molar-refractivity contribution in [2.24, 2.45) is 0 Å². The Morgan fingerprint density at radius 3 is 2.87 bits per heavy atom. The SMILES string of the molecule is OCCc1nc(-c2ccccc2Cl)cs1. The van der Waals surface area contributed by atoms with Crippen molar-refractivity contribution in [3.63, 3.8) is 0 Å². The van der Waals surface area contributed by atoms with Gasteiger partial charge in [0, 0.05) is 29.0 Å². The molecule has 2 aromatic rings. The molecule has 2 nitrogen and oxygen atoms in total. The summed E-state index contributed by atoms with van der Waals surface area (Å²) in [5, 5.41) is 12.4. The van der Waals surface area contributed by atoms with Gasteiger partial charge in [-0.05, 0) is 6.07 Å². The topological polar surface area (TPSA) is 33.1 Å². The second-order valence-electron chi connectivity index (χ2n) is 3.08. The van der Waals surface area contributed by atoms with E-state index in [2.05, 4.69) is 4.98 Å². The molecule has 1 heterocycles. The van der Waals surface area contributed by atoms with E-state index in [9.17, 15) is 0 Å². The van der Waals surface area contributed by atoms with Crippen LogP contribution in [0.25, 0.3) is 11.3 Å². The van der Waals surface area contributed by atoms with Gasteiger partial charge in [0.1, 0.15) is 0 Å². The Bertz CT molecular complexity index is 455. The molecule has 78 valence electrons. The van der Waals surface area contributed by atoms with E-state index in [4.69, 9.17) is 16.7 Å². The Morgan fingerprint density at radius 1 is 1.33 bits per heavy atom. The molecule has 0 aliphatic carbocycles. The lowest BCUT2D eigenvalue weighted by Crippen LogP contribution is -1.89. The second-order valence-corrected chi connectivity index (χ2v) is 4.43. The number of hydrogen-bond acceptors (Lipinski definition) is 3. The van der Waals surface area contributed by atoms with Crippen LogP contribution in [0.1, 0.15) is 5.01 Å². The third-order valence-electron chi connectivity index (χ3n) is 2.03. The monoisotopic (exact) mass is 239 g/mol. The van der Waals surface area contributed by atoms with Crippen LogP contribution in [0.4, 0.5) is 0 Å². The van der Waals surface area contributed by atoms with Gasteiger partial charge < -0.3 is 5.11 Å². The lowest BCUT2D eigenvalue weighted by molar-refractivity contribution is 0.299. The first-order valence-corrected chi connectivity index (χ1v) is 5.87. The molecule has 0 aliphatic rings. The Hall–Kier alpha value is -0.900. The molecular formula is C11H10ClNOS. The number of halogens is 1. The van der Waals surface area contributed by atoms with Gasteiger partial charge in [-0.2, -0.15) is 0 Å². The molecule has 0 atom stereocenters. The first-order chi connectivity index (χ1) is 7.31. The molecule has 0 spiro atoms.